The van der Waals surface area contributed by atoms with Crippen LogP contribution in [0.5, 0.6) is 0 Å². The maximum atomic E-state index is 14.0. The summed E-state index contributed by atoms with van der Waals surface area (Å²) in [5.74, 6) is -0.524. The lowest BCUT2D eigenvalue weighted by atomic mass is 10.2. The number of aryl methyl sites for hydroxylation is 1. The first-order valence-electron chi connectivity index (χ1n) is 8.82. The van der Waals surface area contributed by atoms with Gasteiger partial charge in [0.2, 0.25) is 5.91 Å². The van der Waals surface area contributed by atoms with Gasteiger partial charge in [-0.15, -0.1) is 5.11 Å². The molecule has 1 fully saturated rings. The number of hydrogen-bond acceptors (Lipinski definition) is 7. The third-order valence-corrected chi connectivity index (χ3v) is 4.42. The van der Waals surface area contributed by atoms with Crippen LogP contribution in [0.25, 0.3) is 0 Å². The first-order chi connectivity index (χ1) is 13.5. The van der Waals surface area contributed by atoms with Gasteiger partial charge in [-0.25, -0.2) is 9.37 Å². The Kier molecular flexibility index (Phi) is 6.83. The second-order valence-electron chi connectivity index (χ2n) is 6.14. The Balaban J connectivity index is 1.55. The molecule has 148 valence electrons. The summed E-state index contributed by atoms with van der Waals surface area (Å²) in [6.45, 7) is 4.13. The van der Waals surface area contributed by atoms with Crippen molar-refractivity contribution in [2.45, 2.75) is 13.3 Å². The van der Waals surface area contributed by atoms with Gasteiger partial charge in [-0.2, -0.15) is 10.1 Å². The van der Waals surface area contributed by atoms with E-state index in [1.165, 1.54) is 0 Å². The number of aromatic nitrogens is 2. The fraction of sp³-hybridized carbons (Fsp3) is 0.389. The number of nitrogens with one attached hydrogen (secondary N) is 1. The Morgan fingerprint density at radius 1 is 1.39 bits per heavy atom. The van der Waals surface area contributed by atoms with Crippen molar-refractivity contribution in [2.24, 2.45) is 10.2 Å². The van der Waals surface area contributed by atoms with Gasteiger partial charge in [-0.1, -0.05) is 23.7 Å². The average molecular weight is 407 g/mol. The van der Waals surface area contributed by atoms with Crippen LogP contribution < -0.4 is 10.2 Å². The highest BCUT2D eigenvalue weighted by Crippen LogP contribution is 2.25. The van der Waals surface area contributed by atoms with Crippen LogP contribution in [0, 0.1) is 12.7 Å². The van der Waals surface area contributed by atoms with Crippen LogP contribution in [0.2, 0.25) is 5.02 Å². The molecule has 0 spiro atoms. The number of rotatable bonds is 6. The molecule has 0 saturated carbocycles. The van der Waals surface area contributed by atoms with Crippen LogP contribution in [-0.4, -0.2) is 48.7 Å². The van der Waals surface area contributed by atoms with Crippen molar-refractivity contribution in [1.82, 2.24) is 9.97 Å². The molecule has 0 unspecified atom stereocenters. The normalized spacial score (nSPS) is 14.5. The van der Waals surface area contributed by atoms with E-state index in [2.05, 4.69) is 25.5 Å². The van der Waals surface area contributed by atoms with Gasteiger partial charge in [-0.3, -0.25) is 4.79 Å². The molecule has 1 aliphatic heterocycles. The van der Waals surface area contributed by atoms with E-state index in [0.29, 0.717) is 37.0 Å². The van der Waals surface area contributed by atoms with Crippen molar-refractivity contribution in [1.29, 1.82) is 0 Å². The minimum atomic E-state index is -0.518. The predicted molar refractivity (Wildman–Crippen MR) is 104 cm³/mol. The van der Waals surface area contributed by atoms with Gasteiger partial charge in [0.25, 0.3) is 5.95 Å². The van der Waals surface area contributed by atoms with E-state index in [1.54, 1.807) is 11.0 Å². The number of halogens is 2. The molecule has 0 aliphatic carbocycles. The lowest BCUT2D eigenvalue weighted by molar-refractivity contribution is -0.116. The Bertz CT molecular complexity index is 853. The molecule has 1 aliphatic rings. The number of para-hydroxylation sites is 1. The molecule has 3 rings (SSSR count). The number of ether oxygens (including phenoxy) is 1. The predicted octanol–water partition coefficient (Wildman–Crippen LogP) is 3.53. The molecule has 28 heavy (non-hydrogen) atoms. The molecule has 1 aromatic heterocycles. The van der Waals surface area contributed by atoms with E-state index < -0.39 is 5.82 Å². The molecule has 10 heteroatoms. The maximum absolute atomic E-state index is 14.0. The molecular formula is C18H20ClFN6O2. The number of carbonyl (C=O) groups is 1. The van der Waals surface area contributed by atoms with Crippen LogP contribution >= 0.6 is 11.6 Å². The molecule has 0 bridgehead atoms. The van der Waals surface area contributed by atoms with E-state index in [-0.39, 0.29) is 30.6 Å². The van der Waals surface area contributed by atoms with Gasteiger partial charge in [0.1, 0.15) is 0 Å². The molecule has 2 heterocycles. The standard InChI is InChI=1S/C18H20ClFN6O2/c1-12-3-2-4-13(19)16(12)23-15(27)5-6-22-25-18-21-11-14(20)17(24-18)26-7-9-28-10-8-26/h2-4,11H,5-10H2,1H3,(H,23,27). The van der Waals surface area contributed by atoms with Crippen molar-refractivity contribution in [3.63, 3.8) is 0 Å². The van der Waals surface area contributed by atoms with Crippen LogP contribution in [0.15, 0.2) is 34.6 Å². The Morgan fingerprint density at radius 3 is 2.93 bits per heavy atom. The second-order valence-corrected chi connectivity index (χ2v) is 6.54. The number of benzene rings is 1. The molecule has 1 saturated heterocycles. The number of anilines is 2. The van der Waals surface area contributed by atoms with Gasteiger partial charge in [0.05, 0.1) is 36.7 Å². The van der Waals surface area contributed by atoms with Gasteiger partial charge in [0, 0.05) is 19.5 Å². The van der Waals surface area contributed by atoms with Gasteiger partial charge in [0.15, 0.2) is 11.6 Å². The Labute approximate surface area is 166 Å². The average Bonchev–Trinajstić information content (AvgIpc) is 2.70. The topological polar surface area (TPSA) is 92.1 Å². The first kappa shape index (κ1) is 20.1. The van der Waals surface area contributed by atoms with Crippen molar-refractivity contribution in [3.05, 3.63) is 40.8 Å². The largest absolute Gasteiger partial charge is 0.378 e. The molecule has 1 N–H and O–H groups in total. The second kappa shape index (κ2) is 9.52. The third kappa shape index (κ3) is 5.20. The smallest absolute Gasteiger partial charge is 0.270 e. The third-order valence-electron chi connectivity index (χ3n) is 4.11. The van der Waals surface area contributed by atoms with Crippen LogP contribution in [0.3, 0.4) is 0 Å². The number of morpholine rings is 1. The number of amides is 1. The highest BCUT2D eigenvalue weighted by Gasteiger charge is 2.17. The van der Waals surface area contributed by atoms with E-state index in [4.69, 9.17) is 16.3 Å². The molecular weight excluding hydrogens is 387 g/mol. The number of carbonyl (C=O) groups excluding carboxylic acids is 1. The number of azo groups is 1. The summed E-state index contributed by atoms with van der Waals surface area (Å²) in [4.78, 5) is 21.8. The molecule has 0 atom stereocenters. The van der Waals surface area contributed by atoms with Gasteiger partial charge >= 0.3 is 0 Å². The fourth-order valence-corrected chi connectivity index (χ4v) is 2.92. The zero-order valence-electron chi connectivity index (χ0n) is 15.4. The van der Waals surface area contributed by atoms with Crippen molar-refractivity contribution in [3.8, 4) is 0 Å². The minimum absolute atomic E-state index is 0.0465. The molecule has 2 aromatic rings. The number of nitrogens with zero attached hydrogens (tertiary/aromatic N) is 5. The highest BCUT2D eigenvalue weighted by molar-refractivity contribution is 6.33. The van der Waals surface area contributed by atoms with Crippen LogP contribution in [-0.2, 0) is 9.53 Å². The minimum Gasteiger partial charge on any atom is -0.378 e. The summed E-state index contributed by atoms with van der Waals surface area (Å²) >= 11 is 6.09. The zero-order valence-corrected chi connectivity index (χ0v) is 16.1. The molecule has 0 radical (unpaired) electrons. The fourth-order valence-electron chi connectivity index (χ4n) is 2.65. The summed E-state index contributed by atoms with van der Waals surface area (Å²) in [7, 11) is 0. The lowest BCUT2D eigenvalue weighted by Crippen LogP contribution is -2.37. The monoisotopic (exact) mass is 406 g/mol. The summed E-state index contributed by atoms with van der Waals surface area (Å²) in [6.07, 6.45) is 1.19. The van der Waals surface area contributed by atoms with Gasteiger partial charge < -0.3 is 15.0 Å². The first-order valence-corrected chi connectivity index (χ1v) is 9.20. The molecule has 8 nitrogen and oxygen atoms in total. The summed E-state index contributed by atoms with van der Waals surface area (Å²) in [5, 5.41) is 11.1. The van der Waals surface area contributed by atoms with Crippen molar-refractivity contribution < 1.29 is 13.9 Å². The maximum Gasteiger partial charge on any atom is 0.270 e. The van der Waals surface area contributed by atoms with Crippen LogP contribution in [0.4, 0.5) is 21.8 Å². The zero-order chi connectivity index (χ0) is 19.9. The molecule has 1 amide bonds. The molecule has 1 aromatic carbocycles. The Hall–Kier alpha value is -2.65. The quantitative estimate of drug-likeness (QED) is 0.741. The highest BCUT2D eigenvalue weighted by atomic mass is 35.5. The SMILES string of the molecule is Cc1cccc(Cl)c1NC(=O)CCN=Nc1ncc(F)c(N2CCOCC2)n1. The number of hydrogen-bond donors (Lipinski definition) is 1. The summed E-state index contributed by atoms with van der Waals surface area (Å²) in [5.41, 5.74) is 1.46. The van der Waals surface area contributed by atoms with E-state index in [9.17, 15) is 9.18 Å². The lowest BCUT2D eigenvalue weighted by Gasteiger charge is -2.27. The van der Waals surface area contributed by atoms with Gasteiger partial charge in [-0.05, 0) is 18.6 Å². The summed E-state index contributed by atoms with van der Waals surface area (Å²) < 4.78 is 19.2. The Morgan fingerprint density at radius 2 is 2.18 bits per heavy atom. The van der Waals surface area contributed by atoms with Crippen LogP contribution in [0.1, 0.15) is 12.0 Å². The van der Waals surface area contributed by atoms with Crippen molar-refractivity contribution in [2.75, 3.05) is 43.1 Å². The van der Waals surface area contributed by atoms with E-state index >= 15 is 0 Å². The van der Waals surface area contributed by atoms with E-state index in [0.717, 1.165) is 11.8 Å². The van der Waals surface area contributed by atoms with Crippen molar-refractivity contribution >= 4 is 35.0 Å². The summed E-state index contributed by atoms with van der Waals surface area (Å²) in [6, 6.07) is 5.39. The van der Waals surface area contributed by atoms with E-state index in [1.807, 2.05) is 19.1 Å².